The molecule has 0 aromatic rings. The van der Waals surface area contributed by atoms with Crippen LogP contribution >= 0.6 is 0 Å². The molecule has 0 amide bonds. The monoisotopic (exact) mass is 229 g/mol. The molecule has 0 aromatic carbocycles. The molecule has 94 valence electrons. The van der Waals surface area contributed by atoms with E-state index in [2.05, 4.69) is 4.90 Å². The van der Waals surface area contributed by atoms with E-state index in [1.165, 1.54) is 13.5 Å². The summed E-state index contributed by atoms with van der Waals surface area (Å²) in [5.74, 6) is -0.318. The van der Waals surface area contributed by atoms with Gasteiger partial charge in [0.25, 0.3) is 0 Å². The van der Waals surface area contributed by atoms with Crippen LogP contribution in [0.5, 0.6) is 0 Å². The van der Waals surface area contributed by atoms with Crippen molar-refractivity contribution in [1.29, 1.82) is 0 Å². The molecule has 1 saturated carbocycles. The molecule has 16 heavy (non-hydrogen) atoms. The van der Waals surface area contributed by atoms with Crippen molar-refractivity contribution in [3.05, 3.63) is 0 Å². The minimum absolute atomic E-state index is 0.135. The lowest BCUT2D eigenvalue weighted by Gasteiger charge is -2.36. The van der Waals surface area contributed by atoms with Crippen LogP contribution in [0, 0.1) is 5.92 Å². The standard InChI is InChI=1S/C12H23NO3/c1-9(12(15)16-3)8-13(2)10-6-4-5-7-11(10)14/h9-11,14H,4-8H2,1-3H3. The highest BCUT2D eigenvalue weighted by Gasteiger charge is 2.28. The van der Waals surface area contributed by atoms with E-state index in [1.54, 1.807) is 0 Å². The van der Waals surface area contributed by atoms with E-state index in [0.29, 0.717) is 6.54 Å². The second kappa shape index (κ2) is 6.21. The topological polar surface area (TPSA) is 49.8 Å². The molecule has 3 atom stereocenters. The van der Waals surface area contributed by atoms with Crippen molar-refractivity contribution >= 4 is 5.97 Å². The lowest BCUT2D eigenvalue weighted by Crippen LogP contribution is -2.45. The Morgan fingerprint density at radius 3 is 2.69 bits per heavy atom. The van der Waals surface area contributed by atoms with Crippen LogP contribution in [-0.4, -0.2) is 48.8 Å². The third-order valence-electron chi connectivity index (χ3n) is 3.43. The first-order valence-electron chi connectivity index (χ1n) is 6.02. The molecular formula is C12H23NO3. The number of methoxy groups -OCH3 is 1. The van der Waals surface area contributed by atoms with Crippen molar-refractivity contribution in [1.82, 2.24) is 4.90 Å². The fourth-order valence-electron chi connectivity index (χ4n) is 2.45. The summed E-state index contributed by atoms with van der Waals surface area (Å²) in [6, 6.07) is 0.195. The van der Waals surface area contributed by atoms with Gasteiger partial charge in [-0.05, 0) is 19.9 Å². The maximum atomic E-state index is 11.3. The predicted octanol–water partition coefficient (Wildman–Crippen LogP) is 1.03. The summed E-state index contributed by atoms with van der Waals surface area (Å²) in [6.07, 6.45) is 3.92. The zero-order valence-electron chi connectivity index (χ0n) is 10.5. The van der Waals surface area contributed by atoms with Crippen molar-refractivity contribution in [2.75, 3.05) is 20.7 Å². The summed E-state index contributed by atoms with van der Waals surface area (Å²) in [4.78, 5) is 13.4. The van der Waals surface area contributed by atoms with Crippen LogP contribution < -0.4 is 0 Å². The molecule has 0 aliphatic heterocycles. The SMILES string of the molecule is COC(=O)C(C)CN(C)C1CCCCC1O. The van der Waals surface area contributed by atoms with Gasteiger partial charge in [0.05, 0.1) is 19.1 Å². The molecule has 0 bridgehead atoms. The molecule has 1 fully saturated rings. The lowest BCUT2D eigenvalue weighted by atomic mass is 9.91. The van der Waals surface area contributed by atoms with E-state index in [4.69, 9.17) is 4.74 Å². The number of aliphatic hydroxyl groups excluding tert-OH is 1. The Morgan fingerprint density at radius 1 is 1.50 bits per heavy atom. The summed E-state index contributed by atoms with van der Waals surface area (Å²) < 4.78 is 4.70. The molecule has 3 unspecified atom stereocenters. The fraction of sp³-hybridized carbons (Fsp3) is 0.917. The van der Waals surface area contributed by atoms with Gasteiger partial charge in [0.15, 0.2) is 0 Å². The van der Waals surface area contributed by atoms with Gasteiger partial charge in [-0.15, -0.1) is 0 Å². The highest BCUT2D eigenvalue weighted by molar-refractivity contribution is 5.72. The van der Waals surface area contributed by atoms with Crippen LogP contribution in [-0.2, 0) is 9.53 Å². The van der Waals surface area contributed by atoms with Crippen LogP contribution in [0.4, 0.5) is 0 Å². The summed E-state index contributed by atoms with van der Waals surface area (Å²) in [5.41, 5.74) is 0. The van der Waals surface area contributed by atoms with E-state index in [1.807, 2.05) is 14.0 Å². The first-order chi connectivity index (χ1) is 7.56. The van der Waals surface area contributed by atoms with Crippen molar-refractivity contribution in [2.24, 2.45) is 5.92 Å². The average Bonchev–Trinajstić information content (AvgIpc) is 2.28. The molecule has 1 rings (SSSR count). The molecule has 1 N–H and O–H groups in total. The number of ether oxygens (including phenoxy) is 1. The lowest BCUT2D eigenvalue weighted by molar-refractivity contribution is -0.145. The minimum atomic E-state index is -0.247. The molecular weight excluding hydrogens is 206 g/mol. The first kappa shape index (κ1) is 13.5. The van der Waals surface area contributed by atoms with Crippen LogP contribution in [0.25, 0.3) is 0 Å². The number of esters is 1. The zero-order valence-corrected chi connectivity index (χ0v) is 10.5. The summed E-state index contributed by atoms with van der Waals surface area (Å²) in [7, 11) is 3.38. The quantitative estimate of drug-likeness (QED) is 0.732. The molecule has 4 heteroatoms. The Labute approximate surface area is 97.6 Å². The third-order valence-corrected chi connectivity index (χ3v) is 3.43. The summed E-state index contributed by atoms with van der Waals surface area (Å²) in [5, 5.41) is 9.89. The van der Waals surface area contributed by atoms with Crippen LogP contribution in [0.3, 0.4) is 0 Å². The highest BCUT2D eigenvalue weighted by atomic mass is 16.5. The molecule has 0 saturated heterocycles. The van der Waals surface area contributed by atoms with Gasteiger partial charge < -0.3 is 9.84 Å². The number of carbonyl (C=O) groups excluding carboxylic acids is 1. The van der Waals surface area contributed by atoms with Gasteiger partial charge in [-0.2, -0.15) is 0 Å². The zero-order chi connectivity index (χ0) is 12.1. The Kier molecular flexibility index (Phi) is 5.22. The van der Waals surface area contributed by atoms with Crippen LogP contribution in [0.15, 0.2) is 0 Å². The molecule has 1 aliphatic rings. The Hall–Kier alpha value is -0.610. The predicted molar refractivity (Wildman–Crippen MR) is 62.1 cm³/mol. The summed E-state index contributed by atoms with van der Waals surface area (Å²) in [6.45, 7) is 2.51. The maximum Gasteiger partial charge on any atom is 0.309 e. The molecule has 1 aliphatic carbocycles. The van der Waals surface area contributed by atoms with Gasteiger partial charge in [-0.25, -0.2) is 0 Å². The smallest absolute Gasteiger partial charge is 0.309 e. The number of rotatable bonds is 4. The van der Waals surface area contributed by atoms with Gasteiger partial charge in [-0.3, -0.25) is 9.69 Å². The first-order valence-corrected chi connectivity index (χ1v) is 6.02. The van der Waals surface area contributed by atoms with E-state index in [-0.39, 0.29) is 24.0 Å². The Bertz CT molecular complexity index is 232. The largest absolute Gasteiger partial charge is 0.469 e. The maximum absolute atomic E-state index is 11.3. The van der Waals surface area contributed by atoms with Gasteiger partial charge in [0, 0.05) is 12.6 Å². The van der Waals surface area contributed by atoms with Gasteiger partial charge in [0.2, 0.25) is 0 Å². The van der Waals surface area contributed by atoms with Crippen molar-refractivity contribution in [3.8, 4) is 0 Å². The van der Waals surface area contributed by atoms with Gasteiger partial charge in [0.1, 0.15) is 0 Å². The molecule has 0 radical (unpaired) electrons. The van der Waals surface area contributed by atoms with E-state index in [9.17, 15) is 9.90 Å². The number of aliphatic hydroxyl groups is 1. The Balaban J connectivity index is 2.44. The minimum Gasteiger partial charge on any atom is -0.469 e. The molecule has 0 heterocycles. The highest BCUT2D eigenvalue weighted by Crippen LogP contribution is 2.22. The number of nitrogens with zero attached hydrogens (tertiary/aromatic N) is 1. The second-order valence-electron chi connectivity index (χ2n) is 4.78. The van der Waals surface area contributed by atoms with Crippen LogP contribution in [0.2, 0.25) is 0 Å². The van der Waals surface area contributed by atoms with Crippen molar-refractivity contribution < 1.29 is 14.6 Å². The number of hydrogen-bond acceptors (Lipinski definition) is 4. The van der Waals surface area contributed by atoms with Gasteiger partial charge >= 0.3 is 5.97 Å². The average molecular weight is 229 g/mol. The van der Waals surface area contributed by atoms with E-state index < -0.39 is 0 Å². The normalized spacial score (nSPS) is 27.8. The molecule has 0 spiro atoms. The third kappa shape index (κ3) is 3.46. The molecule has 4 nitrogen and oxygen atoms in total. The van der Waals surface area contributed by atoms with Crippen molar-refractivity contribution in [2.45, 2.75) is 44.8 Å². The van der Waals surface area contributed by atoms with Gasteiger partial charge in [-0.1, -0.05) is 19.8 Å². The summed E-state index contributed by atoms with van der Waals surface area (Å²) >= 11 is 0. The van der Waals surface area contributed by atoms with Crippen LogP contribution in [0.1, 0.15) is 32.6 Å². The Morgan fingerprint density at radius 2 is 2.12 bits per heavy atom. The van der Waals surface area contributed by atoms with Crippen molar-refractivity contribution in [3.63, 3.8) is 0 Å². The fourth-order valence-corrected chi connectivity index (χ4v) is 2.45. The number of likely N-dealkylation sites (N-methyl/N-ethyl adjacent to an activating group) is 1. The molecule has 0 aromatic heterocycles. The number of hydrogen-bond donors (Lipinski definition) is 1. The number of carbonyl (C=O) groups is 1. The van der Waals surface area contributed by atoms with E-state index >= 15 is 0 Å². The second-order valence-corrected chi connectivity index (χ2v) is 4.78. The van der Waals surface area contributed by atoms with E-state index in [0.717, 1.165) is 19.3 Å².